The molecule has 1 aliphatic rings. The Morgan fingerprint density at radius 3 is 2.56 bits per heavy atom. The normalized spacial score (nSPS) is 30.4. The first-order chi connectivity index (χ1) is 7.47. The maximum absolute atomic E-state index is 10.2. The predicted molar refractivity (Wildman–Crippen MR) is 73.0 cm³/mol. The molecule has 0 spiro atoms. The highest BCUT2D eigenvalue weighted by atomic mass is 32.2. The van der Waals surface area contributed by atoms with Gasteiger partial charge in [-0.05, 0) is 31.9 Å². The lowest BCUT2D eigenvalue weighted by molar-refractivity contribution is 0.0110. The Labute approximate surface area is 105 Å². The zero-order chi connectivity index (χ0) is 12.2. The zero-order valence-electron chi connectivity index (χ0n) is 11.1. The van der Waals surface area contributed by atoms with Crippen molar-refractivity contribution in [1.82, 2.24) is 5.32 Å². The molecule has 0 saturated heterocycles. The van der Waals surface area contributed by atoms with Gasteiger partial charge < -0.3 is 10.4 Å². The van der Waals surface area contributed by atoms with Crippen LogP contribution in [-0.4, -0.2) is 34.8 Å². The Balaban J connectivity index is 2.40. The van der Waals surface area contributed by atoms with Crippen LogP contribution in [0.3, 0.4) is 0 Å². The van der Waals surface area contributed by atoms with E-state index in [4.69, 9.17) is 0 Å². The number of rotatable bonds is 5. The van der Waals surface area contributed by atoms with Crippen molar-refractivity contribution in [3.63, 3.8) is 0 Å². The summed E-state index contributed by atoms with van der Waals surface area (Å²) in [7, 11) is 0. The first kappa shape index (κ1) is 14.3. The molecule has 1 rings (SSSR count). The van der Waals surface area contributed by atoms with E-state index < -0.39 is 5.60 Å². The maximum Gasteiger partial charge on any atom is 0.0766 e. The lowest BCUT2D eigenvalue weighted by atomic mass is 9.90. The van der Waals surface area contributed by atoms with Crippen LogP contribution in [0.2, 0.25) is 0 Å². The van der Waals surface area contributed by atoms with Crippen LogP contribution in [0.15, 0.2) is 0 Å². The van der Waals surface area contributed by atoms with Gasteiger partial charge in [-0.2, -0.15) is 11.8 Å². The number of thioether (sulfide) groups is 1. The maximum atomic E-state index is 10.2. The van der Waals surface area contributed by atoms with Gasteiger partial charge in [0.15, 0.2) is 0 Å². The molecule has 1 aliphatic carbocycles. The SMILES string of the molecule is CSC1CCCCC1NCC(C)(O)C(C)C. The van der Waals surface area contributed by atoms with Gasteiger partial charge in [0, 0.05) is 17.8 Å². The zero-order valence-corrected chi connectivity index (χ0v) is 11.9. The summed E-state index contributed by atoms with van der Waals surface area (Å²) in [6, 6.07) is 0.592. The lowest BCUT2D eigenvalue weighted by Crippen LogP contribution is -2.49. The van der Waals surface area contributed by atoms with E-state index in [0.717, 1.165) is 5.25 Å². The Kier molecular flexibility index (Phi) is 5.62. The van der Waals surface area contributed by atoms with Crippen LogP contribution >= 0.6 is 11.8 Å². The molecular weight excluding hydrogens is 218 g/mol. The summed E-state index contributed by atoms with van der Waals surface area (Å²) < 4.78 is 0. The van der Waals surface area contributed by atoms with Crippen molar-refractivity contribution in [3.05, 3.63) is 0 Å². The quantitative estimate of drug-likeness (QED) is 0.781. The highest BCUT2D eigenvalue weighted by molar-refractivity contribution is 7.99. The molecular formula is C13H27NOS. The molecule has 0 bridgehead atoms. The van der Waals surface area contributed by atoms with E-state index in [1.54, 1.807) is 0 Å². The van der Waals surface area contributed by atoms with Crippen LogP contribution in [0.5, 0.6) is 0 Å². The fourth-order valence-corrected chi connectivity index (χ4v) is 3.12. The average Bonchev–Trinajstić information content (AvgIpc) is 2.26. The van der Waals surface area contributed by atoms with Crippen LogP contribution in [0, 0.1) is 5.92 Å². The van der Waals surface area contributed by atoms with E-state index >= 15 is 0 Å². The number of hydrogen-bond acceptors (Lipinski definition) is 3. The molecule has 16 heavy (non-hydrogen) atoms. The molecule has 96 valence electrons. The van der Waals surface area contributed by atoms with Crippen molar-refractivity contribution in [2.75, 3.05) is 12.8 Å². The molecule has 2 nitrogen and oxygen atoms in total. The molecule has 0 aromatic carbocycles. The summed E-state index contributed by atoms with van der Waals surface area (Å²) in [4.78, 5) is 0. The van der Waals surface area contributed by atoms with Crippen molar-refractivity contribution >= 4 is 11.8 Å². The average molecular weight is 245 g/mol. The van der Waals surface area contributed by atoms with Crippen LogP contribution in [-0.2, 0) is 0 Å². The van der Waals surface area contributed by atoms with Gasteiger partial charge in [-0.1, -0.05) is 26.7 Å². The second kappa shape index (κ2) is 6.27. The fourth-order valence-electron chi connectivity index (χ4n) is 2.15. The first-order valence-electron chi connectivity index (χ1n) is 6.46. The minimum absolute atomic E-state index is 0.302. The Morgan fingerprint density at radius 1 is 1.38 bits per heavy atom. The lowest BCUT2D eigenvalue weighted by Gasteiger charge is -2.35. The van der Waals surface area contributed by atoms with E-state index in [1.807, 2.05) is 18.7 Å². The van der Waals surface area contributed by atoms with E-state index in [1.165, 1.54) is 25.7 Å². The highest BCUT2D eigenvalue weighted by Crippen LogP contribution is 2.27. The minimum atomic E-state index is -0.583. The molecule has 0 heterocycles. The molecule has 3 atom stereocenters. The Bertz CT molecular complexity index is 206. The van der Waals surface area contributed by atoms with E-state index in [0.29, 0.717) is 18.5 Å². The second-order valence-corrected chi connectivity index (χ2v) is 6.63. The van der Waals surface area contributed by atoms with Gasteiger partial charge in [0.2, 0.25) is 0 Å². The fraction of sp³-hybridized carbons (Fsp3) is 1.00. The largest absolute Gasteiger partial charge is 0.389 e. The summed E-state index contributed by atoms with van der Waals surface area (Å²) in [6.07, 6.45) is 7.48. The third-order valence-corrected chi connectivity index (χ3v) is 5.14. The van der Waals surface area contributed by atoms with Crippen molar-refractivity contribution in [2.24, 2.45) is 5.92 Å². The third-order valence-electron chi connectivity index (χ3n) is 3.97. The van der Waals surface area contributed by atoms with Crippen LogP contribution in [0.4, 0.5) is 0 Å². The third kappa shape index (κ3) is 3.94. The molecule has 0 aromatic rings. The van der Waals surface area contributed by atoms with Crippen LogP contribution < -0.4 is 5.32 Å². The molecule has 3 heteroatoms. The van der Waals surface area contributed by atoms with Gasteiger partial charge in [-0.25, -0.2) is 0 Å². The number of nitrogens with one attached hydrogen (secondary N) is 1. The minimum Gasteiger partial charge on any atom is -0.389 e. The summed E-state index contributed by atoms with van der Waals surface area (Å²) in [5.41, 5.74) is -0.583. The molecule has 0 aromatic heterocycles. The van der Waals surface area contributed by atoms with Crippen molar-refractivity contribution in [2.45, 2.75) is 63.3 Å². The Morgan fingerprint density at radius 2 is 2.00 bits per heavy atom. The van der Waals surface area contributed by atoms with E-state index in [9.17, 15) is 5.11 Å². The molecule has 2 N–H and O–H groups in total. The monoisotopic (exact) mass is 245 g/mol. The van der Waals surface area contributed by atoms with Crippen LogP contribution in [0.1, 0.15) is 46.5 Å². The standard InChI is InChI=1S/C13H27NOS/c1-10(2)13(3,15)9-14-11-7-5-6-8-12(11)16-4/h10-12,14-15H,5-9H2,1-4H3. The molecule has 0 amide bonds. The van der Waals surface area contributed by atoms with Gasteiger partial charge in [0.25, 0.3) is 0 Å². The van der Waals surface area contributed by atoms with Crippen molar-refractivity contribution < 1.29 is 5.11 Å². The molecule has 1 saturated carbocycles. The summed E-state index contributed by atoms with van der Waals surface area (Å²) >= 11 is 1.97. The number of aliphatic hydroxyl groups is 1. The van der Waals surface area contributed by atoms with E-state index in [-0.39, 0.29) is 0 Å². The highest BCUT2D eigenvalue weighted by Gasteiger charge is 2.29. The predicted octanol–water partition coefficient (Wildman–Crippen LogP) is 2.66. The van der Waals surface area contributed by atoms with Gasteiger partial charge in [0.1, 0.15) is 0 Å². The smallest absolute Gasteiger partial charge is 0.0766 e. The summed E-state index contributed by atoms with van der Waals surface area (Å²) in [5.74, 6) is 0.302. The summed E-state index contributed by atoms with van der Waals surface area (Å²) in [6.45, 7) is 6.80. The molecule has 0 aliphatic heterocycles. The molecule has 1 fully saturated rings. The first-order valence-corrected chi connectivity index (χ1v) is 7.74. The summed E-state index contributed by atoms with van der Waals surface area (Å²) in [5, 5.41) is 14.5. The second-order valence-electron chi connectivity index (χ2n) is 5.56. The van der Waals surface area contributed by atoms with Crippen molar-refractivity contribution in [3.8, 4) is 0 Å². The molecule has 0 radical (unpaired) electrons. The van der Waals surface area contributed by atoms with Crippen LogP contribution in [0.25, 0.3) is 0 Å². The molecule has 3 unspecified atom stereocenters. The van der Waals surface area contributed by atoms with Gasteiger partial charge >= 0.3 is 0 Å². The van der Waals surface area contributed by atoms with Gasteiger partial charge in [-0.3, -0.25) is 0 Å². The number of hydrogen-bond donors (Lipinski definition) is 2. The van der Waals surface area contributed by atoms with Gasteiger partial charge in [-0.15, -0.1) is 0 Å². The topological polar surface area (TPSA) is 32.3 Å². The van der Waals surface area contributed by atoms with E-state index in [2.05, 4.69) is 25.4 Å². The Hall–Kier alpha value is 0.270. The van der Waals surface area contributed by atoms with Gasteiger partial charge in [0.05, 0.1) is 5.60 Å². The van der Waals surface area contributed by atoms with Crippen molar-refractivity contribution in [1.29, 1.82) is 0 Å².